The Hall–Kier alpha value is -0.0900. The highest BCUT2D eigenvalue weighted by atomic mass is 127. The summed E-state index contributed by atoms with van der Waals surface area (Å²) in [4.78, 5) is 0. The van der Waals surface area contributed by atoms with Crippen LogP contribution in [0.5, 0.6) is 0 Å². The van der Waals surface area contributed by atoms with Crippen molar-refractivity contribution < 1.29 is 29.7 Å². The minimum atomic E-state index is 0. The maximum atomic E-state index is 3.91. The highest BCUT2D eigenvalue weighted by Crippen LogP contribution is 2.04. The lowest BCUT2D eigenvalue weighted by Gasteiger charge is -1.98. The molecule has 0 aliphatic carbocycles. The highest BCUT2D eigenvalue weighted by molar-refractivity contribution is 5.15. The van der Waals surface area contributed by atoms with Crippen LogP contribution in [-0.4, -0.2) is 0 Å². The van der Waals surface area contributed by atoms with Gasteiger partial charge in [-0.3, -0.25) is 0 Å². The van der Waals surface area contributed by atoms with E-state index in [9.17, 15) is 0 Å². The Morgan fingerprint density at radius 2 is 1.70 bits per heavy atom. The molecule has 1 rings (SSSR count). The van der Waals surface area contributed by atoms with Crippen LogP contribution in [-0.2, 0) is 0 Å². The Kier molecular flexibility index (Phi) is 4.64. The molecule has 0 aliphatic heterocycles. The number of halogens is 1. The summed E-state index contributed by atoms with van der Waals surface area (Å²) in [5, 5.41) is 0. The molecule has 0 aliphatic rings. The molecule has 1 aromatic rings. The van der Waals surface area contributed by atoms with E-state index in [0.29, 0.717) is 6.04 Å². The van der Waals surface area contributed by atoms with E-state index in [2.05, 4.69) is 24.8 Å². The lowest BCUT2D eigenvalue weighted by molar-refractivity contribution is -0.420. The number of benzene rings is 1. The molecule has 3 N–H and O–H groups in total. The van der Waals surface area contributed by atoms with Gasteiger partial charge in [0, 0.05) is 5.56 Å². The average Bonchev–Trinajstić information content (AvgIpc) is 1.90. The molecule has 0 saturated carbocycles. The summed E-state index contributed by atoms with van der Waals surface area (Å²) in [6.07, 6.45) is 0. The van der Waals surface area contributed by atoms with Crippen molar-refractivity contribution in [3.05, 3.63) is 35.9 Å². The fourth-order valence-corrected chi connectivity index (χ4v) is 0.782. The summed E-state index contributed by atoms with van der Waals surface area (Å²) in [5.41, 5.74) is 5.21. The fraction of sp³-hybridized carbons (Fsp3) is 0.250. The maximum absolute atomic E-state index is 3.91. The second-order valence-corrected chi connectivity index (χ2v) is 2.31. The molecular formula is C8H12IN. The number of quaternary nitrogens is 1. The van der Waals surface area contributed by atoms with E-state index in [4.69, 9.17) is 0 Å². The predicted molar refractivity (Wildman–Crippen MR) is 37.7 cm³/mol. The molecule has 1 atom stereocenters. The Balaban J connectivity index is 0.000000810. The molecule has 0 aromatic heterocycles. The first kappa shape index (κ1) is 9.91. The average molecular weight is 249 g/mol. The third-order valence-electron chi connectivity index (χ3n) is 1.37. The van der Waals surface area contributed by atoms with Crippen molar-refractivity contribution in [2.24, 2.45) is 0 Å². The zero-order chi connectivity index (χ0) is 6.69. The number of hydrogen-bond acceptors (Lipinski definition) is 0. The Morgan fingerprint density at radius 3 is 2.00 bits per heavy atom. The van der Waals surface area contributed by atoms with Gasteiger partial charge in [0.25, 0.3) is 0 Å². The van der Waals surface area contributed by atoms with Gasteiger partial charge in [0.05, 0.1) is 0 Å². The summed E-state index contributed by atoms with van der Waals surface area (Å²) < 4.78 is 0. The summed E-state index contributed by atoms with van der Waals surface area (Å²) in [7, 11) is 0. The molecule has 2 heteroatoms. The topological polar surface area (TPSA) is 27.6 Å². The van der Waals surface area contributed by atoms with Gasteiger partial charge < -0.3 is 29.7 Å². The zero-order valence-corrected chi connectivity index (χ0v) is 8.21. The van der Waals surface area contributed by atoms with Crippen molar-refractivity contribution in [1.29, 1.82) is 0 Å². The molecule has 56 valence electrons. The third-order valence-corrected chi connectivity index (χ3v) is 1.37. The molecule has 1 nitrogen and oxygen atoms in total. The maximum Gasteiger partial charge on any atom is 0.107 e. The van der Waals surface area contributed by atoms with E-state index in [1.54, 1.807) is 0 Å². The summed E-state index contributed by atoms with van der Waals surface area (Å²) in [6.45, 7) is 2.09. The first-order valence-electron chi connectivity index (χ1n) is 3.18. The Bertz CT molecular complexity index is 172. The third kappa shape index (κ3) is 2.66. The minimum Gasteiger partial charge on any atom is -1.00 e. The van der Waals surface area contributed by atoms with Crippen LogP contribution in [0.3, 0.4) is 0 Å². The van der Waals surface area contributed by atoms with Gasteiger partial charge in [-0.1, -0.05) is 30.3 Å². The first-order chi connectivity index (χ1) is 4.30. The lowest BCUT2D eigenvalue weighted by atomic mass is 10.1. The van der Waals surface area contributed by atoms with E-state index in [1.165, 1.54) is 5.56 Å². The van der Waals surface area contributed by atoms with Gasteiger partial charge in [-0.2, -0.15) is 0 Å². The lowest BCUT2D eigenvalue weighted by Crippen LogP contribution is -3.00. The van der Waals surface area contributed by atoms with Crippen molar-refractivity contribution in [2.75, 3.05) is 0 Å². The summed E-state index contributed by atoms with van der Waals surface area (Å²) >= 11 is 0. The van der Waals surface area contributed by atoms with E-state index < -0.39 is 0 Å². The van der Waals surface area contributed by atoms with Crippen LogP contribution < -0.4 is 29.7 Å². The molecule has 0 bridgehead atoms. The fourth-order valence-electron chi connectivity index (χ4n) is 0.782. The molecule has 0 heterocycles. The van der Waals surface area contributed by atoms with Crippen LogP contribution in [0.1, 0.15) is 18.5 Å². The second kappa shape index (κ2) is 4.68. The monoisotopic (exact) mass is 249 g/mol. The minimum absolute atomic E-state index is 0. The van der Waals surface area contributed by atoms with Crippen molar-refractivity contribution in [3.63, 3.8) is 0 Å². The predicted octanol–water partition coefficient (Wildman–Crippen LogP) is -2.01. The molecule has 0 unspecified atom stereocenters. The zero-order valence-electron chi connectivity index (χ0n) is 6.05. The van der Waals surface area contributed by atoms with Crippen molar-refractivity contribution in [2.45, 2.75) is 13.0 Å². The molecule has 0 amide bonds. The molecule has 0 fully saturated rings. The quantitative estimate of drug-likeness (QED) is 0.557. The molecule has 0 radical (unpaired) electrons. The first-order valence-corrected chi connectivity index (χ1v) is 3.18. The van der Waals surface area contributed by atoms with Crippen LogP contribution >= 0.6 is 0 Å². The van der Waals surface area contributed by atoms with Crippen LogP contribution in [0.4, 0.5) is 0 Å². The Labute approximate surface area is 78.6 Å². The van der Waals surface area contributed by atoms with E-state index >= 15 is 0 Å². The highest BCUT2D eigenvalue weighted by Gasteiger charge is 1.97. The number of rotatable bonds is 1. The van der Waals surface area contributed by atoms with Crippen LogP contribution in [0.15, 0.2) is 30.3 Å². The van der Waals surface area contributed by atoms with Crippen molar-refractivity contribution >= 4 is 0 Å². The molecule has 0 spiro atoms. The van der Waals surface area contributed by atoms with E-state index in [0.717, 1.165) is 0 Å². The van der Waals surface area contributed by atoms with Crippen LogP contribution in [0, 0.1) is 0 Å². The van der Waals surface area contributed by atoms with Crippen LogP contribution in [0.25, 0.3) is 0 Å². The smallest absolute Gasteiger partial charge is 0.107 e. The van der Waals surface area contributed by atoms with E-state index in [-0.39, 0.29) is 24.0 Å². The van der Waals surface area contributed by atoms with Crippen LogP contribution in [0.2, 0.25) is 0 Å². The Morgan fingerprint density at radius 1 is 1.20 bits per heavy atom. The largest absolute Gasteiger partial charge is 1.00 e. The van der Waals surface area contributed by atoms with Gasteiger partial charge in [0.15, 0.2) is 0 Å². The van der Waals surface area contributed by atoms with Gasteiger partial charge >= 0.3 is 0 Å². The van der Waals surface area contributed by atoms with Crippen molar-refractivity contribution in [3.8, 4) is 0 Å². The second-order valence-electron chi connectivity index (χ2n) is 2.31. The SMILES string of the molecule is C[C@H]([NH3+])c1ccccc1.[I-]. The molecular weight excluding hydrogens is 237 g/mol. The van der Waals surface area contributed by atoms with E-state index in [1.807, 2.05) is 18.2 Å². The van der Waals surface area contributed by atoms with Gasteiger partial charge in [-0.05, 0) is 6.92 Å². The molecule has 1 aromatic carbocycles. The van der Waals surface area contributed by atoms with Crippen molar-refractivity contribution in [1.82, 2.24) is 0 Å². The van der Waals surface area contributed by atoms with Gasteiger partial charge in [0.1, 0.15) is 6.04 Å². The van der Waals surface area contributed by atoms with Gasteiger partial charge in [-0.15, -0.1) is 0 Å². The standard InChI is InChI=1S/C8H11N.HI/c1-7(9)8-5-3-2-4-6-8;/h2-7H,9H2,1H3;1H/t7-;/m0./s1. The van der Waals surface area contributed by atoms with Gasteiger partial charge in [0.2, 0.25) is 0 Å². The molecule has 10 heavy (non-hydrogen) atoms. The summed E-state index contributed by atoms with van der Waals surface area (Å²) in [6, 6.07) is 10.7. The number of hydrogen-bond donors (Lipinski definition) is 1. The summed E-state index contributed by atoms with van der Waals surface area (Å²) in [5.74, 6) is 0. The molecule has 0 saturated heterocycles. The van der Waals surface area contributed by atoms with Gasteiger partial charge in [-0.25, -0.2) is 0 Å². The normalized spacial score (nSPS) is 11.8.